The molecular formula is C16H20FN3O2. The summed E-state index contributed by atoms with van der Waals surface area (Å²) in [7, 11) is 3.45. The van der Waals surface area contributed by atoms with E-state index in [0.29, 0.717) is 24.5 Å². The summed E-state index contributed by atoms with van der Waals surface area (Å²) in [6, 6.07) is 4.42. The lowest BCUT2D eigenvalue weighted by Crippen LogP contribution is -2.43. The topological polar surface area (TPSA) is 56.1 Å². The summed E-state index contributed by atoms with van der Waals surface area (Å²) in [6.07, 6.45) is 3.53. The minimum absolute atomic E-state index is 0.0188. The summed E-state index contributed by atoms with van der Waals surface area (Å²) in [6.45, 7) is 0.571. The number of hydrogen-bond acceptors (Lipinski definition) is 3. The van der Waals surface area contributed by atoms with Gasteiger partial charge in [-0.2, -0.15) is 0 Å². The van der Waals surface area contributed by atoms with E-state index in [9.17, 15) is 9.18 Å². The van der Waals surface area contributed by atoms with Gasteiger partial charge in [-0.25, -0.2) is 9.37 Å². The highest BCUT2D eigenvalue weighted by Gasteiger charge is 2.44. The van der Waals surface area contributed by atoms with Crippen LogP contribution in [0.1, 0.15) is 25.7 Å². The van der Waals surface area contributed by atoms with Crippen molar-refractivity contribution in [3.8, 4) is 0 Å². The van der Waals surface area contributed by atoms with E-state index in [-0.39, 0.29) is 17.1 Å². The summed E-state index contributed by atoms with van der Waals surface area (Å²) in [5, 5.41) is 2.91. The van der Waals surface area contributed by atoms with E-state index in [0.717, 1.165) is 24.8 Å². The molecule has 1 saturated carbocycles. The lowest BCUT2D eigenvalue weighted by Gasteiger charge is -2.39. The molecule has 0 atom stereocenters. The molecule has 2 aromatic rings. The number of amides is 1. The third-order valence-corrected chi connectivity index (χ3v) is 4.65. The molecule has 0 unspecified atom stereocenters. The van der Waals surface area contributed by atoms with Crippen LogP contribution in [0.25, 0.3) is 11.0 Å². The minimum Gasteiger partial charge on any atom is -0.385 e. The zero-order valence-electron chi connectivity index (χ0n) is 12.9. The molecule has 1 aliphatic rings. The SMILES string of the molecule is COCCC1(C(=O)Nc2nc3cc(F)ccc3n2C)CCC1. The number of benzene rings is 1. The Balaban J connectivity index is 1.83. The molecule has 3 rings (SSSR count). The first-order chi connectivity index (χ1) is 10.6. The lowest BCUT2D eigenvalue weighted by molar-refractivity contribution is -0.131. The predicted molar refractivity (Wildman–Crippen MR) is 82.1 cm³/mol. The number of imidazole rings is 1. The van der Waals surface area contributed by atoms with E-state index < -0.39 is 0 Å². The van der Waals surface area contributed by atoms with Crippen LogP contribution in [-0.4, -0.2) is 29.2 Å². The maximum Gasteiger partial charge on any atom is 0.232 e. The molecule has 0 radical (unpaired) electrons. The van der Waals surface area contributed by atoms with Gasteiger partial charge in [0.05, 0.1) is 16.4 Å². The van der Waals surface area contributed by atoms with Gasteiger partial charge in [-0.15, -0.1) is 0 Å². The summed E-state index contributed by atoms with van der Waals surface area (Å²) in [4.78, 5) is 16.9. The van der Waals surface area contributed by atoms with Crippen molar-refractivity contribution in [2.45, 2.75) is 25.7 Å². The zero-order chi connectivity index (χ0) is 15.7. The van der Waals surface area contributed by atoms with Crippen molar-refractivity contribution < 1.29 is 13.9 Å². The molecule has 1 heterocycles. The molecule has 1 amide bonds. The smallest absolute Gasteiger partial charge is 0.232 e. The van der Waals surface area contributed by atoms with Crippen molar-refractivity contribution in [3.05, 3.63) is 24.0 Å². The molecule has 0 spiro atoms. The lowest BCUT2D eigenvalue weighted by atomic mass is 9.66. The fourth-order valence-corrected chi connectivity index (χ4v) is 3.01. The van der Waals surface area contributed by atoms with Crippen molar-refractivity contribution in [2.24, 2.45) is 12.5 Å². The molecule has 1 N–H and O–H groups in total. The van der Waals surface area contributed by atoms with Crippen molar-refractivity contribution >= 4 is 22.9 Å². The van der Waals surface area contributed by atoms with Crippen LogP contribution in [0.2, 0.25) is 0 Å². The quantitative estimate of drug-likeness (QED) is 0.924. The van der Waals surface area contributed by atoms with E-state index in [1.807, 2.05) is 7.05 Å². The number of rotatable bonds is 5. The van der Waals surface area contributed by atoms with Gasteiger partial charge in [-0.1, -0.05) is 6.42 Å². The van der Waals surface area contributed by atoms with Crippen molar-refractivity contribution in [2.75, 3.05) is 19.0 Å². The van der Waals surface area contributed by atoms with E-state index >= 15 is 0 Å². The molecule has 0 bridgehead atoms. The maximum atomic E-state index is 13.3. The Morgan fingerprint density at radius 3 is 2.91 bits per heavy atom. The number of methoxy groups -OCH3 is 1. The summed E-state index contributed by atoms with van der Waals surface area (Å²) in [5.74, 6) is 0.100. The van der Waals surface area contributed by atoms with Crippen molar-refractivity contribution in [3.63, 3.8) is 0 Å². The number of nitrogens with zero attached hydrogens (tertiary/aromatic N) is 2. The Kier molecular flexibility index (Phi) is 3.87. The highest BCUT2D eigenvalue weighted by atomic mass is 19.1. The molecule has 0 saturated heterocycles. The van der Waals surface area contributed by atoms with Crippen LogP contribution in [0.15, 0.2) is 18.2 Å². The van der Waals surface area contributed by atoms with Gasteiger partial charge in [0.15, 0.2) is 0 Å². The summed E-state index contributed by atoms with van der Waals surface area (Å²) in [5.41, 5.74) is 0.980. The first-order valence-electron chi connectivity index (χ1n) is 7.48. The Bertz CT molecular complexity index is 707. The Hall–Kier alpha value is -1.95. The number of anilines is 1. The number of carbonyl (C=O) groups is 1. The Morgan fingerprint density at radius 2 is 2.27 bits per heavy atom. The molecule has 1 fully saturated rings. The monoisotopic (exact) mass is 305 g/mol. The normalized spacial score (nSPS) is 16.5. The molecule has 6 heteroatoms. The highest BCUT2D eigenvalue weighted by Crippen LogP contribution is 2.44. The van der Waals surface area contributed by atoms with Gasteiger partial charge in [0.1, 0.15) is 5.82 Å². The second-order valence-corrected chi connectivity index (χ2v) is 5.96. The minimum atomic E-state index is -0.348. The Morgan fingerprint density at radius 1 is 1.50 bits per heavy atom. The molecule has 22 heavy (non-hydrogen) atoms. The second-order valence-electron chi connectivity index (χ2n) is 5.96. The summed E-state index contributed by atoms with van der Waals surface area (Å²) >= 11 is 0. The van der Waals surface area contributed by atoms with Gasteiger partial charge in [-0.3, -0.25) is 10.1 Å². The van der Waals surface area contributed by atoms with Gasteiger partial charge >= 0.3 is 0 Å². The summed E-state index contributed by atoms with van der Waals surface area (Å²) < 4.78 is 20.2. The number of nitrogens with one attached hydrogen (secondary N) is 1. The van der Waals surface area contributed by atoms with Gasteiger partial charge in [0.2, 0.25) is 11.9 Å². The molecule has 0 aliphatic heterocycles. The largest absolute Gasteiger partial charge is 0.385 e. The predicted octanol–water partition coefficient (Wildman–Crippen LogP) is 2.86. The molecule has 5 nitrogen and oxygen atoms in total. The van der Waals surface area contributed by atoms with E-state index in [2.05, 4.69) is 10.3 Å². The average molecular weight is 305 g/mol. The first kappa shape index (κ1) is 15.0. The van der Waals surface area contributed by atoms with Crippen molar-refractivity contribution in [1.82, 2.24) is 9.55 Å². The van der Waals surface area contributed by atoms with Gasteiger partial charge in [0.25, 0.3) is 0 Å². The zero-order valence-corrected chi connectivity index (χ0v) is 12.9. The van der Waals surface area contributed by atoms with E-state index in [1.54, 1.807) is 17.7 Å². The highest BCUT2D eigenvalue weighted by molar-refractivity contribution is 5.96. The number of ether oxygens (including phenoxy) is 1. The van der Waals surface area contributed by atoms with Gasteiger partial charge in [-0.05, 0) is 31.4 Å². The van der Waals surface area contributed by atoms with Crippen LogP contribution in [0, 0.1) is 11.2 Å². The van der Waals surface area contributed by atoms with Gasteiger partial charge < -0.3 is 9.30 Å². The molecule has 118 valence electrons. The van der Waals surface area contributed by atoms with Crippen LogP contribution in [0.4, 0.5) is 10.3 Å². The standard InChI is InChI=1S/C16H20FN3O2/c1-20-13-5-4-11(17)10-12(13)18-15(20)19-14(21)16(6-3-7-16)8-9-22-2/h4-5,10H,3,6-9H2,1-2H3,(H,18,19,21). The first-order valence-corrected chi connectivity index (χ1v) is 7.48. The number of aromatic nitrogens is 2. The van der Waals surface area contributed by atoms with Crippen LogP contribution in [0.3, 0.4) is 0 Å². The van der Waals surface area contributed by atoms with Crippen LogP contribution >= 0.6 is 0 Å². The number of fused-ring (bicyclic) bond motifs is 1. The van der Waals surface area contributed by atoms with Crippen LogP contribution < -0.4 is 5.32 Å². The number of aryl methyl sites for hydroxylation is 1. The third kappa shape index (κ3) is 2.47. The molecular weight excluding hydrogens is 285 g/mol. The molecule has 1 aliphatic carbocycles. The third-order valence-electron chi connectivity index (χ3n) is 4.65. The fraction of sp³-hybridized carbons (Fsp3) is 0.500. The van der Waals surface area contributed by atoms with Gasteiger partial charge in [0, 0.05) is 26.8 Å². The second kappa shape index (κ2) is 5.68. The molecule has 1 aromatic carbocycles. The van der Waals surface area contributed by atoms with E-state index in [4.69, 9.17) is 4.74 Å². The van der Waals surface area contributed by atoms with Crippen LogP contribution in [-0.2, 0) is 16.6 Å². The van der Waals surface area contributed by atoms with Crippen molar-refractivity contribution in [1.29, 1.82) is 0 Å². The van der Waals surface area contributed by atoms with E-state index in [1.165, 1.54) is 12.1 Å². The Labute approximate surface area is 128 Å². The maximum absolute atomic E-state index is 13.3. The number of carbonyl (C=O) groups excluding carboxylic acids is 1. The average Bonchev–Trinajstić information content (AvgIpc) is 2.73. The fourth-order valence-electron chi connectivity index (χ4n) is 3.01. The van der Waals surface area contributed by atoms with Crippen LogP contribution in [0.5, 0.6) is 0 Å². The number of hydrogen-bond donors (Lipinski definition) is 1. The number of halogens is 1. The molecule has 1 aromatic heterocycles.